The maximum atomic E-state index is 14.7. The smallest absolute Gasteiger partial charge is 0.429 e. The molecule has 4 aromatic rings. The minimum absolute atomic E-state index is 0.173. The number of ether oxygens (including phenoxy) is 1. The fourth-order valence-corrected chi connectivity index (χ4v) is 4.20. The third-order valence-electron chi connectivity index (χ3n) is 6.23. The van der Waals surface area contributed by atoms with E-state index in [0.29, 0.717) is 25.0 Å². The average molecular weight is 593 g/mol. The Kier molecular flexibility index (Phi) is 9.20. The highest BCUT2D eigenvalue weighted by atomic mass is 19.3. The first-order valence-electron chi connectivity index (χ1n) is 12.7. The van der Waals surface area contributed by atoms with Crippen molar-refractivity contribution in [1.82, 2.24) is 0 Å². The molecule has 1 nitrogen and oxygen atoms in total. The zero-order chi connectivity index (χ0) is 30.6. The molecule has 0 saturated heterocycles. The van der Waals surface area contributed by atoms with Crippen LogP contribution < -0.4 is 4.74 Å². The summed E-state index contributed by atoms with van der Waals surface area (Å²) in [5, 5.41) is 0. The minimum Gasteiger partial charge on any atom is -0.429 e. The van der Waals surface area contributed by atoms with Gasteiger partial charge in [-0.2, -0.15) is 8.78 Å². The summed E-state index contributed by atoms with van der Waals surface area (Å²) in [5.41, 5.74) is -2.59. The maximum Gasteiger partial charge on any atom is 0.432 e. The molecule has 0 aliphatic rings. The van der Waals surface area contributed by atoms with E-state index in [1.54, 1.807) is 0 Å². The van der Waals surface area contributed by atoms with E-state index in [-0.39, 0.29) is 16.7 Å². The predicted molar refractivity (Wildman–Crippen MR) is 138 cm³/mol. The summed E-state index contributed by atoms with van der Waals surface area (Å²) in [4.78, 5) is 0. The van der Waals surface area contributed by atoms with Crippen LogP contribution in [0, 0.1) is 52.6 Å². The molecule has 0 unspecified atom stereocenters. The van der Waals surface area contributed by atoms with Crippen LogP contribution in [-0.4, -0.2) is 0 Å². The molecular formula is C32H21F9O. The zero-order valence-corrected chi connectivity index (χ0v) is 21.9. The van der Waals surface area contributed by atoms with E-state index in [2.05, 4.69) is 16.6 Å². The Morgan fingerprint density at radius 1 is 0.643 bits per heavy atom. The third kappa shape index (κ3) is 6.90. The lowest BCUT2D eigenvalue weighted by molar-refractivity contribution is -0.189. The van der Waals surface area contributed by atoms with Gasteiger partial charge in [-0.05, 0) is 84.6 Å². The highest BCUT2D eigenvalue weighted by molar-refractivity contribution is 5.66. The molecule has 218 valence electrons. The predicted octanol–water partition coefficient (Wildman–Crippen LogP) is 9.59. The van der Waals surface area contributed by atoms with E-state index in [0.717, 1.165) is 49.2 Å². The monoisotopic (exact) mass is 592 g/mol. The number of rotatable bonds is 8. The van der Waals surface area contributed by atoms with Gasteiger partial charge >= 0.3 is 6.11 Å². The van der Waals surface area contributed by atoms with Gasteiger partial charge in [0.15, 0.2) is 17.5 Å². The van der Waals surface area contributed by atoms with Gasteiger partial charge in [0.2, 0.25) is 0 Å². The van der Waals surface area contributed by atoms with Crippen LogP contribution in [0.1, 0.15) is 48.4 Å². The lowest BCUT2D eigenvalue weighted by atomic mass is 10.0. The lowest BCUT2D eigenvalue weighted by Gasteiger charge is -2.20. The van der Waals surface area contributed by atoms with Gasteiger partial charge < -0.3 is 4.74 Å². The van der Waals surface area contributed by atoms with Crippen LogP contribution in [0.4, 0.5) is 39.5 Å². The highest BCUT2D eigenvalue weighted by Gasteiger charge is 2.41. The molecule has 0 aromatic heterocycles. The Balaban J connectivity index is 1.50. The second kappa shape index (κ2) is 12.6. The van der Waals surface area contributed by atoms with Gasteiger partial charge in [0, 0.05) is 11.1 Å². The van der Waals surface area contributed by atoms with Crippen molar-refractivity contribution in [2.45, 2.75) is 38.7 Å². The Hall–Kier alpha value is -4.39. The van der Waals surface area contributed by atoms with E-state index < -0.39 is 69.3 Å². The van der Waals surface area contributed by atoms with E-state index in [1.807, 2.05) is 6.92 Å². The number of halogens is 9. The van der Waals surface area contributed by atoms with Crippen LogP contribution >= 0.6 is 0 Å². The van der Waals surface area contributed by atoms with Crippen LogP contribution in [0.2, 0.25) is 0 Å². The number of benzene rings is 4. The SMILES string of the molecule is CCCCCc1cc(F)c(C(F)(F)Oc2ccc(C#Cc3cc(F)c(-c4cc(F)c(F)c(F)c4)c(F)c3)cc2)c(F)c1. The molecule has 0 bridgehead atoms. The van der Waals surface area contributed by atoms with Gasteiger partial charge in [-0.15, -0.1) is 0 Å². The Bertz CT molecular complexity index is 1600. The summed E-state index contributed by atoms with van der Waals surface area (Å²) in [5.74, 6) is -5.76. The maximum absolute atomic E-state index is 14.7. The summed E-state index contributed by atoms with van der Waals surface area (Å²) in [6.45, 7) is 1.95. The summed E-state index contributed by atoms with van der Waals surface area (Å²) < 4.78 is 132. The van der Waals surface area contributed by atoms with Gasteiger partial charge in [0.1, 0.15) is 34.6 Å². The fraction of sp³-hybridized carbons (Fsp3) is 0.188. The number of aryl methyl sites for hydroxylation is 1. The molecule has 0 radical (unpaired) electrons. The molecule has 0 amide bonds. The normalized spacial score (nSPS) is 11.3. The number of hydrogen-bond donors (Lipinski definition) is 0. The molecule has 0 aliphatic carbocycles. The van der Waals surface area contributed by atoms with Crippen LogP contribution in [0.15, 0.2) is 60.7 Å². The van der Waals surface area contributed by atoms with Gasteiger partial charge in [-0.25, -0.2) is 30.7 Å². The molecule has 0 atom stereocenters. The van der Waals surface area contributed by atoms with Crippen LogP contribution in [0.3, 0.4) is 0 Å². The zero-order valence-electron chi connectivity index (χ0n) is 21.9. The average Bonchev–Trinajstić information content (AvgIpc) is 2.90. The topological polar surface area (TPSA) is 9.23 Å². The fourth-order valence-electron chi connectivity index (χ4n) is 4.20. The molecule has 4 aromatic carbocycles. The molecule has 0 heterocycles. The van der Waals surface area contributed by atoms with E-state index in [4.69, 9.17) is 0 Å². The molecule has 0 spiro atoms. The van der Waals surface area contributed by atoms with E-state index >= 15 is 0 Å². The second-order valence-electron chi connectivity index (χ2n) is 9.35. The van der Waals surface area contributed by atoms with Gasteiger partial charge in [-0.1, -0.05) is 31.6 Å². The van der Waals surface area contributed by atoms with Crippen molar-refractivity contribution in [2.24, 2.45) is 0 Å². The van der Waals surface area contributed by atoms with Crippen molar-refractivity contribution in [2.75, 3.05) is 0 Å². The largest absolute Gasteiger partial charge is 0.432 e. The summed E-state index contributed by atoms with van der Waals surface area (Å²) in [6, 6.07) is 8.79. The highest BCUT2D eigenvalue weighted by Crippen LogP contribution is 2.36. The van der Waals surface area contributed by atoms with Crippen LogP contribution in [0.5, 0.6) is 5.75 Å². The van der Waals surface area contributed by atoms with E-state index in [9.17, 15) is 39.5 Å². The second-order valence-corrected chi connectivity index (χ2v) is 9.35. The van der Waals surface area contributed by atoms with Crippen molar-refractivity contribution in [3.05, 3.63) is 124 Å². The molecule has 10 heteroatoms. The molecule has 0 saturated carbocycles. The summed E-state index contributed by atoms with van der Waals surface area (Å²) in [7, 11) is 0. The van der Waals surface area contributed by atoms with Gasteiger partial charge in [0.25, 0.3) is 0 Å². The molecule has 42 heavy (non-hydrogen) atoms. The van der Waals surface area contributed by atoms with Crippen molar-refractivity contribution in [3.8, 4) is 28.7 Å². The first-order valence-corrected chi connectivity index (χ1v) is 12.7. The summed E-state index contributed by atoms with van der Waals surface area (Å²) in [6.07, 6.45) is -1.63. The number of alkyl halides is 2. The Morgan fingerprint density at radius 2 is 1.19 bits per heavy atom. The molecular weight excluding hydrogens is 571 g/mol. The molecule has 0 aliphatic heterocycles. The van der Waals surface area contributed by atoms with Crippen molar-refractivity contribution in [1.29, 1.82) is 0 Å². The molecule has 4 rings (SSSR count). The Labute approximate surface area is 235 Å². The third-order valence-corrected chi connectivity index (χ3v) is 6.23. The van der Waals surface area contributed by atoms with Crippen molar-refractivity contribution < 1.29 is 44.3 Å². The number of unbranched alkanes of at least 4 members (excludes halogenated alkanes) is 2. The Morgan fingerprint density at radius 3 is 1.74 bits per heavy atom. The van der Waals surface area contributed by atoms with Gasteiger partial charge in [0.05, 0.1) is 5.56 Å². The quantitative estimate of drug-likeness (QED) is 0.0857. The lowest BCUT2D eigenvalue weighted by Crippen LogP contribution is -2.25. The molecule has 0 fully saturated rings. The van der Waals surface area contributed by atoms with Gasteiger partial charge in [-0.3, -0.25) is 0 Å². The first kappa shape index (κ1) is 30.6. The number of hydrogen-bond acceptors (Lipinski definition) is 1. The van der Waals surface area contributed by atoms with Crippen molar-refractivity contribution in [3.63, 3.8) is 0 Å². The standard InChI is InChI=1S/C32H21F9O/c1-2-3-4-5-19-14-25(35)30(26(36)15-19)32(40,41)42-22-10-8-18(9-11-22)6-7-20-12-23(33)29(24(34)13-20)21-16-27(37)31(39)28(38)17-21/h8-17H,2-5H2,1H3. The van der Waals surface area contributed by atoms with Crippen LogP contribution in [0.25, 0.3) is 11.1 Å². The van der Waals surface area contributed by atoms with Crippen molar-refractivity contribution >= 4 is 0 Å². The first-order chi connectivity index (χ1) is 19.9. The van der Waals surface area contributed by atoms with E-state index in [1.165, 1.54) is 12.1 Å². The summed E-state index contributed by atoms with van der Waals surface area (Å²) >= 11 is 0. The van der Waals surface area contributed by atoms with Crippen LogP contribution in [-0.2, 0) is 12.5 Å². The molecule has 0 N–H and O–H groups in total. The minimum atomic E-state index is -4.34.